The van der Waals surface area contributed by atoms with Crippen LogP contribution in [-0.2, 0) is 16.0 Å². The minimum atomic E-state index is -0.439. The van der Waals surface area contributed by atoms with Gasteiger partial charge in [0, 0.05) is 24.8 Å². The average Bonchev–Trinajstić information content (AvgIpc) is 2.96. The Bertz CT molecular complexity index is 562. The number of fused-ring (bicyclic) bond motifs is 1. The van der Waals surface area contributed by atoms with E-state index in [0.717, 1.165) is 13.1 Å². The number of rotatable bonds is 4. The number of H-pyrrole nitrogens is 1. The Hall–Kier alpha value is -1.36. The number of para-hydroxylation sites is 1. The van der Waals surface area contributed by atoms with Gasteiger partial charge in [-0.1, -0.05) is 18.2 Å². The van der Waals surface area contributed by atoms with Gasteiger partial charge in [-0.25, -0.2) is 0 Å². The quantitative estimate of drug-likeness (QED) is 0.887. The fourth-order valence-corrected chi connectivity index (χ4v) is 2.53. The van der Waals surface area contributed by atoms with Crippen molar-refractivity contribution in [3.8, 4) is 0 Å². The molecule has 1 fully saturated rings. The van der Waals surface area contributed by atoms with Crippen LogP contribution in [0.25, 0.3) is 10.9 Å². The summed E-state index contributed by atoms with van der Waals surface area (Å²) in [6.45, 7) is 6.20. The summed E-state index contributed by atoms with van der Waals surface area (Å²) in [5.41, 5.74) is 2.49. The predicted octanol–water partition coefficient (Wildman–Crippen LogP) is 2.41. The molecule has 2 heterocycles. The number of ether oxygens (including phenoxy) is 2. The highest BCUT2D eigenvalue weighted by Gasteiger charge is 2.32. The summed E-state index contributed by atoms with van der Waals surface area (Å²) < 4.78 is 11.3. The molecule has 4 nitrogen and oxygen atoms in total. The van der Waals surface area contributed by atoms with E-state index in [1.165, 1.54) is 16.5 Å². The van der Waals surface area contributed by atoms with E-state index < -0.39 is 5.79 Å². The van der Waals surface area contributed by atoms with Crippen molar-refractivity contribution in [1.29, 1.82) is 0 Å². The van der Waals surface area contributed by atoms with E-state index in [0.29, 0.717) is 6.61 Å². The van der Waals surface area contributed by atoms with Gasteiger partial charge in [0.1, 0.15) is 0 Å². The van der Waals surface area contributed by atoms with Crippen LogP contribution in [0, 0.1) is 0 Å². The van der Waals surface area contributed by atoms with Gasteiger partial charge in [0.05, 0.1) is 12.7 Å². The monoisotopic (exact) mass is 260 g/mol. The number of aromatic nitrogens is 1. The van der Waals surface area contributed by atoms with Crippen LogP contribution in [0.15, 0.2) is 30.5 Å². The van der Waals surface area contributed by atoms with Gasteiger partial charge in [0.25, 0.3) is 0 Å². The summed E-state index contributed by atoms with van der Waals surface area (Å²) in [6, 6.07) is 8.44. The summed E-state index contributed by atoms with van der Waals surface area (Å²) in [6.07, 6.45) is 2.11. The molecule has 0 aliphatic carbocycles. The number of benzene rings is 1. The van der Waals surface area contributed by atoms with Crippen LogP contribution in [0.4, 0.5) is 0 Å². The largest absolute Gasteiger partial charge is 0.361 e. The first-order valence-corrected chi connectivity index (χ1v) is 6.71. The van der Waals surface area contributed by atoms with Crippen molar-refractivity contribution >= 4 is 10.9 Å². The van der Waals surface area contributed by atoms with Crippen LogP contribution < -0.4 is 5.32 Å². The lowest BCUT2D eigenvalue weighted by Crippen LogP contribution is -2.30. The zero-order valence-electron chi connectivity index (χ0n) is 11.4. The Balaban J connectivity index is 1.57. The number of hydrogen-bond acceptors (Lipinski definition) is 3. The van der Waals surface area contributed by atoms with Gasteiger partial charge in [-0.05, 0) is 30.9 Å². The van der Waals surface area contributed by atoms with E-state index in [2.05, 4.69) is 34.6 Å². The molecule has 0 amide bonds. The highest BCUT2D eigenvalue weighted by molar-refractivity contribution is 5.82. The maximum Gasteiger partial charge on any atom is 0.163 e. The molecule has 0 bridgehead atoms. The molecule has 2 N–H and O–H groups in total. The van der Waals surface area contributed by atoms with Crippen LogP contribution in [0.2, 0.25) is 0 Å². The van der Waals surface area contributed by atoms with Crippen LogP contribution in [-0.4, -0.2) is 30.0 Å². The molecule has 1 saturated heterocycles. The van der Waals surface area contributed by atoms with E-state index in [9.17, 15) is 0 Å². The van der Waals surface area contributed by atoms with Crippen molar-refractivity contribution in [3.63, 3.8) is 0 Å². The first-order chi connectivity index (χ1) is 9.14. The van der Waals surface area contributed by atoms with Crippen LogP contribution in [0.3, 0.4) is 0 Å². The van der Waals surface area contributed by atoms with Crippen LogP contribution in [0.1, 0.15) is 19.4 Å². The van der Waals surface area contributed by atoms with E-state index >= 15 is 0 Å². The zero-order valence-corrected chi connectivity index (χ0v) is 11.4. The second-order valence-electron chi connectivity index (χ2n) is 5.44. The summed E-state index contributed by atoms with van der Waals surface area (Å²) in [5, 5.41) is 4.69. The molecule has 1 atom stereocenters. The average molecular weight is 260 g/mol. The van der Waals surface area contributed by atoms with Crippen molar-refractivity contribution < 1.29 is 9.47 Å². The van der Waals surface area contributed by atoms with Gasteiger partial charge in [0.15, 0.2) is 5.79 Å². The molecule has 0 saturated carbocycles. The molecule has 3 rings (SSSR count). The normalized spacial score (nSPS) is 22.1. The molecule has 4 heteroatoms. The molecule has 0 radical (unpaired) electrons. The lowest BCUT2D eigenvalue weighted by molar-refractivity contribution is -0.137. The third kappa shape index (κ3) is 2.81. The Morgan fingerprint density at radius 3 is 3.05 bits per heavy atom. The highest BCUT2D eigenvalue weighted by atomic mass is 16.7. The van der Waals surface area contributed by atoms with Gasteiger partial charge < -0.3 is 19.8 Å². The van der Waals surface area contributed by atoms with Gasteiger partial charge in [-0.3, -0.25) is 0 Å². The lowest BCUT2D eigenvalue weighted by Gasteiger charge is -2.17. The van der Waals surface area contributed by atoms with Crippen molar-refractivity contribution in [2.75, 3.05) is 13.2 Å². The van der Waals surface area contributed by atoms with Crippen molar-refractivity contribution in [2.24, 2.45) is 0 Å². The molecule has 2 aromatic rings. The summed E-state index contributed by atoms with van der Waals surface area (Å²) >= 11 is 0. The molecule has 1 unspecified atom stereocenters. The van der Waals surface area contributed by atoms with E-state index in [1.54, 1.807) is 0 Å². The fourth-order valence-electron chi connectivity index (χ4n) is 2.53. The van der Waals surface area contributed by atoms with Crippen molar-refractivity contribution in [2.45, 2.75) is 32.3 Å². The van der Waals surface area contributed by atoms with E-state index in [1.807, 2.05) is 20.0 Å². The minimum Gasteiger partial charge on any atom is -0.361 e. The molecule has 1 aliphatic heterocycles. The Kier molecular flexibility index (Phi) is 3.31. The highest BCUT2D eigenvalue weighted by Crippen LogP contribution is 2.22. The summed E-state index contributed by atoms with van der Waals surface area (Å²) in [7, 11) is 0. The maximum absolute atomic E-state index is 5.77. The van der Waals surface area contributed by atoms with Gasteiger partial charge in [0.2, 0.25) is 0 Å². The zero-order chi connectivity index (χ0) is 13.3. The van der Waals surface area contributed by atoms with E-state index in [4.69, 9.17) is 9.47 Å². The standard InChI is InChI=1S/C15H20N2O2/c1-15(2)18-10-13(19-15)9-16-8-12-5-3-4-11-6-7-17-14(11)12/h3-7,13,16-17H,8-10H2,1-2H3. The first kappa shape index (κ1) is 12.7. The predicted molar refractivity (Wildman–Crippen MR) is 74.9 cm³/mol. The van der Waals surface area contributed by atoms with Crippen LogP contribution >= 0.6 is 0 Å². The molecule has 1 aliphatic rings. The number of nitrogens with one attached hydrogen (secondary N) is 2. The third-order valence-corrected chi connectivity index (χ3v) is 3.43. The second-order valence-corrected chi connectivity index (χ2v) is 5.44. The first-order valence-electron chi connectivity index (χ1n) is 6.71. The molecule has 19 heavy (non-hydrogen) atoms. The van der Waals surface area contributed by atoms with Gasteiger partial charge in [-0.15, -0.1) is 0 Å². The van der Waals surface area contributed by atoms with E-state index in [-0.39, 0.29) is 6.10 Å². The fraction of sp³-hybridized carbons (Fsp3) is 0.467. The molecule has 0 spiro atoms. The molecule has 102 valence electrons. The van der Waals surface area contributed by atoms with Gasteiger partial charge >= 0.3 is 0 Å². The Labute approximate surface area is 113 Å². The molecule has 1 aromatic heterocycles. The summed E-state index contributed by atoms with van der Waals surface area (Å²) in [4.78, 5) is 3.28. The van der Waals surface area contributed by atoms with Crippen molar-refractivity contribution in [1.82, 2.24) is 10.3 Å². The third-order valence-electron chi connectivity index (χ3n) is 3.43. The smallest absolute Gasteiger partial charge is 0.163 e. The maximum atomic E-state index is 5.77. The topological polar surface area (TPSA) is 46.3 Å². The molecule has 1 aromatic carbocycles. The van der Waals surface area contributed by atoms with Crippen molar-refractivity contribution in [3.05, 3.63) is 36.0 Å². The Morgan fingerprint density at radius 2 is 2.26 bits per heavy atom. The number of hydrogen-bond donors (Lipinski definition) is 2. The van der Waals surface area contributed by atoms with Crippen LogP contribution in [0.5, 0.6) is 0 Å². The lowest BCUT2D eigenvalue weighted by atomic mass is 10.1. The molecular formula is C15H20N2O2. The van der Waals surface area contributed by atoms with Gasteiger partial charge in [-0.2, -0.15) is 0 Å². The number of aromatic amines is 1. The summed E-state index contributed by atoms with van der Waals surface area (Å²) in [5.74, 6) is -0.439. The Morgan fingerprint density at radius 1 is 1.37 bits per heavy atom. The SMILES string of the molecule is CC1(C)OCC(CNCc2cccc3cc[nH]c23)O1. The molecular weight excluding hydrogens is 240 g/mol. The minimum absolute atomic E-state index is 0.137. The second kappa shape index (κ2) is 4.96.